The fourth-order valence-electron chi connectivity index (χ4n) is 6.07. The van der Waals surface area contributed by atoms with Gasteiger partial charge in [-0.05, 0) is 79.1 Å². The van der Waals surface area contributed by atoms with Crippen LogP contribution in [0.15, 0.2) is 72.3 Å². The number of halogens is 1. The minimum Gasteiger partial charge on any atom is -0.481 e. The van der Waals surface area contributed by atoms with Crippen molar-refractivity contribution in [1.82, 2.24) is 9.80 Å². The van der Waals surface area contributed by atoms with Crippen LogP contribution < -0.4 is 0 Å². The molecule has 0 bridgehead atoms. The molecule has 46 heavy (non-hydrogen) atoms. The summed E-state index contributed by atoms with van der Waals surface area (Å²) in [6.07, 6.45) is 1.43. The van der Waals surface area contributed by atoms with E-state index in [1.54, 1.807) is 0 Å². The summed E-state index contributed by atoms with van der Waals surface area (Å²) in [5.41, 5.74) is 0.270. The molecular formula is C34H34FN3O8. The highest BCUT2D eigenvalue weighted by Crippen LogP contribution is 2.44. The first kappa shape index (κ1) is 33.8. The van der Waals surface area contributed by atoms with Crippen LogP contribution in [0.3, 0.4) is 0 Å². The first-order valence-electron chi connectivity index (χ1n) is 14.5. The van der Waals surface area contributed by atoms with Crippen LogP contribution in [0.5, 0.6) is 0 Å². The van der Waals surface area contributed by atoms with Crippen LogP contribution in [0.2, 0.25) is 0 Å². The van der Waals surface area contributed by atoms with Gasteiger partial charge in [-0.25, -0.2) is 9.18 Å². The van der Waals surface area contributed by atoms with Crippen molar-refractivity contribution in [3.8, 4) is 6.07 Å². The number of carbonyl (C=O) groups is 4. The molecule has 0 radical (unpaired) electrons. The van der Waals surface area contributed by atoms with Crippen LogP contribution in [0.1, 0.15) is 42.4 Å². The predicted molar refractivity (Wildman–Crippen MR) is 164 cm³/mol. The van der Waals surface area contributed by atoms with Crippen molar-refractivity contribution in [3.63, 3.8) is 0 Å². The summed E-state index contributed by atoms with van der Waals surface area (Å²) in [6, 6.07) is 20.6. The van der Waals surface area contributed by atoms with Gasteiger partial charge in [0.05, 0.1) is 24.5 Å². The Hall–Kier alpha value is -5.12. The monoisotopic (exact) mass is 631 g/mol. The lowest BCUT2D eigenvalue weighted by Gasteiger charge is -2.42. The minimum absolute atomic E-state index is 0.0373. The van der Waals surface area contributed by atoms with Gasteiger partial charge in [-0.3, -0.25) is 14.4 Å². The highest BCUT2D eigenvalue weighted by atomic mass is 19.1. The number of aliphatic hydroxyl groups is 1. The summed E-state index contributed by atoms with van der Waals surface area (Å²) < 4.78 is 13.7. The van der Waals surface area contributed by atoms with E-state index < -0.39 is 41.8 Å². The number of fused-ring (bicyclic) bond motifs is 1. The molecule has 0 unspecified atom stereocenters. The molecule has 1 fully saturated rings. The van der Waals surface area contributed by atoms with E-state index in [1.165, 1.54) is 12.1 Å². The van der Waals surface area contributed by atoms with Gasteiger partial charge in [-0.2, -0.15) is 5.26 Å². The molecule has 2 aliphatic heterocycles. The SMILES string of the molecule is CN1CCC(C2=CCN(Cc3cc(C#N)cc4ccccc34)C2=O)(c2ccc(F)cc2)CC1.O=C(O)CC(O)(CC(=O)O)C(=O)O. The Morgan fingerprint density at radius 2 is 1.59 bits per heavy atom. The van der Waals surface area contributed by atoms with Gasteiger partial charge in [-0.15, -0.1) is 0 Å². The zero-order valence-corrected chi connectivity index (χ0v) is 25.1. The molecule has 2 aliphatic rings. The van der Waals surface area contributed by atoms with Crippen LogP contribution >= 0.6 is 0 Å². The number of rotatable bonds is 9. The molecule has 0 aliphatic carbocycles. The third-order valence-electron chi connectivity index (χ3n) is 8.51. The van der Waals surface area contributed by atoms with Crippen molar-refractivity contribution in [2.75, 3.05) is 26.7 Å². The molecule has 3 aromatic carbocycles. The summed E-state index contributed by atoms with van der Waals surface area (Å²) in [5, 5.41) is 45.4. The van der Waals surface area contributed by atoms with E-state index in [1.807, 2.05) is 53.4 Å². The first-order chi connectivity index (χ1) is 21.8. The average molecular weight is 632 g/mol. The Kier molecular flexibility index (Phi) is 10.2. The maximum Gasteiger partial charge on any atom is 0.336 e. The van der Waals surface area contributed by atoms with Crippen molar-refractivity contribution in [2.24, 2.45) is 0 Å². The highest BCUT2D eigenvalue weighted by Gasteiger charge is 2.45. The van der Waals surface area contributed by atoms with E-state index in [0.29, 0.717) is 18.7 Å². The number of nitrogens with zero attached hydrogens (tertiary/aromatic N) is 3. The minimum atomic E-state index is -2.74. The molecule has 12 heteroatoms. The fourth-order valence-corrected chi connectivity index (χ4v) is 6.07. The van der Waals surface area contributed by atoms with Crippen molar-refractivity contribution in [2.45, 2.75) is 43.2 Å². The van der Waals surface area contributed by atoms with Gasteiger partial charge in [0.1, 0.15) is 5.82 Å². The van der Waals surface area contributed by atoms with Gasteiger partial charge in [-0.1, -0.05) is 42.5 Å². The number of hydrogen-bond donors (Lipinski definition) is 4. The smallest absolute Gasteiger partial charge is 0.336 e. The quantitative estimate of drug-likeness (QED) is 0.273. The molecular weight excluding hydrogens is 597 g/mol. The molecule has 0 atom stereocenters. The van der Waals surface area contributed by atoms with Crippen molar-refractivity contribution in [3.05, 3.63) is 94.8 Å². The molecule has 0 aromatic heterocycles. The van der Waals surface area contributed by atoms with Crippen LogP contribution in [0.4, 0.5) is 4.39 Å². The summed E-state index contributed by atoms with van der Waals surface area (Å²) in [7, 11) is 2.10. The number of piperidine rings is 1. The van der Waals surface area contributed by atoms with E-state index in [0.717, 1.165) is 53.4 Å². The summed E-state index contributed by atoms with van der Waals surface area (Å²) in [4.78, 5) is 48.4. The van der Waals surface area contributed by atoms with E-state index in [-0.39, 0.29) is 11.7 Å². The largest absolute Gasteiger partial charge is 0.481 e. The topological polar surface area (TPSA) is 179 Å². The van der Waals surface area contributed by atoms with Gasteiger partial charge >= 0.3 is 17.9 Å². The van der Waals surface area contributed by atoms with Crippen molar-refractivity contribution in [1.29, 1.82) is 5.26 Å². The van der Waals surface area contributed by atoms with Gasteiger partial charge in [0.15, 0.2) is 5.60 Å². The number of hydrogen-bond acceptors (Lipinski definition) is 7. The second-order valence-corrected chi connectivity index (χ2v) is 11.6. The second-order valence-electron chi connectivity index (χ2n) is 11.6. The molecule has 1 amide bonds. The molecule has 11 nitrogen and oxygen atoms in total. The Labute approximate surface area is 264 Å². The van der Waals surface area contributed by atoms with E-state index >= 15 is 0 Å². The molecule has 1 saturated heterocycles. The zero-order chi connectivity index (χ0) is 33.6. The maximum atomic E-state index is 13.7. The van der Waals surface area contributed by atoms with E-state index in [4.69, 9.17) is 20.4 Å². The Bertz CT molecular complexity index is 1710. The number of nitriles is 1. The third-order valence-corrected chi connectivity index (χ3v) is 8.51. The number of amides is 1. The number of likely N-dealkylation sites (tertiary alicyclic amines) is 1. The molecule has 0 saturated carbocycles. The zero-order valence-electron chi connectivity index (χ0n) is 25.1. The van der Waals surface area contributed by atoms with Crippen molar-refractivity contribution < 1.29 is 44.0 Å². The van der Waals surface area contributed by atoms with Gasteiger partial charge < -0.3 is 30.2 Å². The summed E-state index contributed by atoms with van der Waals surface area (Å²) in [6.45, 7) is 2.76. The average Bonchev–Trinajstić information content (AvgIpc) is 3.37. The number of carboxylic acid groups (broad SMARTS) is 3. The third kappa shape index (κ3) is 7.39. The molecule has 5 rings (SSSR count). The number of carbonyl (C=O) groups excluding carboxylic acids is 1. The first-order valence-corrected chi connectivity index (χ1v) is 14.5. The lowest BCUT2D eigenvalue weighted by Crippen LogP contribution is -2.44. The van der Waals surface area contributed by atoms with Gasteiger partial charge in [0.25, 0.3) is 5.91 Å². The summed E-state index contributed by atoms with van der Waals surface area (Å²) >= 11 is 0. The van der Waals surface area contributed by atoms with Crippen LogP contribution in [0, 0.1) is 17.1 Å². The standard InChI is InChI=1S/C28H26FN3O.C6H8O7/c1-31-14-11-28(12-15-31,23-6-8-24(29)9-7-23)26-10-13-32(27(26)33)19-22-17-20(18-30)16-21-4-2-3-5-25(21)22;7-3(8)1-6(13,5(11)12)2-4(9)10/h2-10,16-17H,11-15,19H2,1H3;13H,1-2H2,(H,7,8)(H,9,10)(H,11,12). The maximum absolute atomic E-state index is 13.7. The Morgan fingerprint density at radius 1 is 0.978 bits per heavy atom. The number of aliphatic carboxylic acids is 3. The Balaban J connectivity index is 0.000000315. The number of benzene rings is 3. The van der Waals surface area contributed by atoms with Crippen LogP contribution in [-0.4, -0.2) is 86.3 Å². The summed E-state index contributed by atoms with van der Waals surface area (Å²) in [5.74, 6) is -5.25. The van der Waals surface area contributed by atoms with E-state index in [2.05, 4.69) is 24.1 Å². The van der Waals surface area contributed by atoms with Gasteiger partial charge in [0.2, 0.25) is 0 Å². The normalized spacial score (nSPS) is 16.3. The molecule has 2 heterocycles. The lowest BCUT2D eigenvalue weighted by molar-refractivity contribution is -0.170. The molecule has 0 spiro atoms. The molecule has 3 aromatic rings. The van der Waals surface area contributed by atoms with Crippen LogP contribution in [-0.2, 0) is 31.1 Å². The van der Waals surface area contributed by atoms with Gasteiger partial charge in [0, 0.05) is 24.1 Å². The molecule has 240 valence electrons. The van der Waals surface area contributed by atoms with E-state index in [9.17, 15) is 28.8 Å². The second kappa shape index (κ2) is 13.9. The Morgan fingerprint density at radius 3 is 2.15 bits per heavy atom. The highest BCUT2D eigenvalue weighted by molar-refractivity contribution is 5.99. The lowest BCUT2D eigenvalue weighted by atomic mass is 9.67. The predicted octanol–water partition coefficient (Wildman–Crippen LogP) is 3.53. The van der Waals surface area contributed by atoms with Crippen LogP contribution in [0.25, 0.3) is 10.8 Å². The molecule has 4 N–H and O–H groups in total. The fraction of sp³-hybridized carbons (Fsp3) is 0.324. The number of carboxylic acids is 3. The van der Waals surface area contributed by atoms with Crippen molar-refractivity contribution >= 4 is 34.6 Å².